The maximum Gasteiger partial charge on any atom is 0.295 e. The van der Waals surface area contributed by atoms with Gasteiger partial charge in [0.25, 0.3) is 11.7 Å². The zero-order valence-electron chi connectivity index (χ0n) is 22.2. The molecule has 8 nitrogen and oxygen atoms in total. The number of aliphatic hydroxyl groups excluding tert-OH is 1. The van der Waals surface area contributed by atoms with Gasteiger partial charge in [-0.2, -0.15) is 0 Å². The van der Waals surface area contributed by atoms with Gasteiger partial charge in [0.2, 0.25) is 0 Å². The van der Waals surface area contributed by atoms with Crippen molar-refractivity contribution >= 4 is 17.4 Å². The molecule has 1 N–H and O–H groups in total. The van der Waals surface area contributed by atoms with Gasteiger partial charge in [-0.05, 0) is 67.6 Å². The Hall–Kier alpha value is -3.52. The molecule has 2 saturated heterocycles. The summed E-state index contributed by atoms with van der Waals surface area (Å²) in [6, 6.07) is 9.98. The molecule has 0 aliphatic carbocycles. The molecule has 5 rings (SSSR count). The topological polar surface area (TPSA) is 94.5 Å². The van der Waals surface area contributed by atoms with Crippen LogP contribution in [0.1, 0.15) is 62.3 Å². The number of likely N-dealkylation sites (tertiary alicyclic amines) is 1. The Morgan fingerprint density at radius 1 is 1.16 bits per heavy atom. The van der Waals surface area contributed by atoms with Gasteiger partial charge >= 0.3 is 0 Å². The summed E-state index contributed by atoms with van der Waals surface area (Å²) in [4.78, 5) is 28.3. The number of fused-ring (bicyclic) bond motifs is 1. The zero-order chi connectivity index (χ0) is 26.8. The normalized spacial score (nSPS) is 24.0. The number of amides is 1. The highest BCUT2D eigenvalue weighted by Gasteiger charge is 2.47. The first-order valence-corrected chi connectivity index (χ1v) is 13.4. The van der Waals surface area contributed by atoms with E-state index < -0.39 is 17.7 Å². The van der Waals surface area contributed by atoms with Crippen molar-refractivity contribution in [1.82, 2.24) is 4.90 Å². The van der Waals surface area contributed by atoms with Crippen LogP contribution in [0, 0.1) is 0 Å². The molecule has 0 spiro atoms. The molecule has 202 valence electrons. The first kappa shape index (κ1) is 26.1. The summed E-state index contributed by atoms with van der Waals surface area (Å²) in [7, 11) is 1.56. The molecule has 2 fully saturated rings. The maximum atomic E-state index is 13.4. The summed E-state index contributed by atoms with van der Waals surface area (Å²) in [5.41, 5.74) is 2.15. The first-order valence-electron chi connectivity index (χ1n) is 13.4. The van der Waals surface area contributed by atoms with E-state index in [1.807, 2.05) is 19.1 Å². The van der Waals surface area contributed by atoms with Crippen molar-refractivity contribution in [2.45, 2.75) is 64.2 Å². The van der Waals surface area contributed by atoms with E-state index in [-0.39, 0.29) is 30.1 Å². The molecule has 0 unspecified atom stereocenters. The Labute approximate surface area is 223 Å². The Kier molecular flexibility index (Phi) is 7.61. The van der Waals surface area contributed by atoms with Crippen molar-refractivity contribution in [3.8, 4) is 17.2 Å². The molecule has 3 aliphatic heterocycles. The van der Waals surface area contributed by atoms with Crippen molar-refractivity contribution < 1.29 is 33.6 Å². The second-order valence-electron chi connectivity index (χ2n) is 10.2. The fourth-order valence-corrected chi connectivity index (χ4v) is 5.45. The molecule has 3 atom stereocenters. The molecule has 3 aliphatic rings. The minimum atomic E-state index is -0.791. The van der Waals surface area contributed by atoms with Crippen LogP contribution in [0.2, 0.25) is 0 Å². The predicted octanol–water partition coefficient (Wildman–Crippen LogP) is 4.80. The van der Waals surface area contributed by atoms with E-state index in [1.165, 1.54) is 4.90 Å². The van der Waals surface area contributed by atoms with Crippen molar-refractivity contribution in [3.63, 3.8) is 0 Å². The third kappa shape index (κ3) is 4.97. The Morgan fingerprint density at radius 3 is 2.74 bits per heavy atom. The fourth-order valence-electron chi connectivity index (χ4n) is 5.45. The number of unbranched alkanes of at least 4 members (excludes halogenated alkanes) is 1. The van der Waals surface area contributed by atoms with Crippen LogP contribution in [0.3, 0.4) is 0 Å². The molecule has 8 heteroatoms. The average molecular weight is 522 g/mol. The molecule has 3 heterocycles. The lowest BCUT2D eigenvalue weighted by molar-refractivity contribution is -0.140. The standard InChI is InChI=1S/C30H35NO7/c1-4-5-12-37-24-11-8-19(16-25(24)35-3)27-26(29(33)30(34)31(27)17-22-7-6-13-36-22)28(32)20-9-10-23-21(15-20)14-18(2)38-23/h8-11,15-16,18,22,27,32H,4-7,12-14,17H2,1-3H3/t18-,22-,27+/m0/s1. The van der Waals surface area contributed by atoms with Crippen molar-refractivity contribution in [1.29, 1.82) is 0 Å². The summed E-state index contributed by atoms with van der Waals surface area (Å²) in [6.07, 6.45) is 4.24. The monoisotopic (exact) mass is 521 g/mol. The number of carbonyl (C=O) groups excluding carboxylic acids is 2. The van der Waals surface area contributed by atoms with Crippen LogP contribution in [0.4, 0.5) is 0 Å². The number of hydrogen-bond acceptors (Lipinski definition) is 7. The van der Waals surface area contributed by atoms with Crippen LogP contribution in [-0.2, 0) is 20.7 Å². The molecule has 0 aromatic heterocycles. The smallest absolute Gasteiger partial charge is 0.295 e. The Morgan fingerprint density at radius 2 is 2.00 bits per heavy atom. The summed E-state index contributed by atoms with van der Waals surface area (Å²) in [6.45, 7) is 5.53. The maximum absolute atomic E-state index is 13.4. The van der Waals surface area contributed by atoms with E-state index in [0.29, 0.717) is 42.3 Å². The second-order valence-corrected chi connectivity index (χ2v) is 10.2. The number of Topliss-reactive ketones (excluding diaryl/α,β-unsaturated/α-hetero) is 1. The summed E-state index contributed by atoms with van der Waals surface area (Å²) < 4.78 is 23.1. The van der Waals surface area contributed by atoms with Gasteiger partial charge in [-0.25, -0.2) is 0 Å². The zero-order valence-corrected chi connectivity index (χ0v) is 22.2. The Bertz CT molecular complexity index is 1250. The number of ether oxygens (including phenoxy) is 4. The van der Waals surface area contributed by atoms with Gasteiger partial charge in [-0.3, -0.25) is 9.59 Å². The van der Waals surface area contributed by atoms with Gasteiger partial charge in [0, 0.05) is 25.1 Å². The number of methoxy groups -OCH3 is 1. The molecule has 0 saturated carbocycles. The summed E-state index contributed by atoms with van der Waals surface area (Å²) >= 11 is 0. The molecule has 38 heavy (non-hydrogen) atoms. The van der Waals surface area contributed by atoms with Crippen LogP contribution in [0.5, 0.6) is 17.2 Å². The van der Waals surface area contributed by atoms with Gasteiger partial charge < -0.3 is 29.0 Å². The second kappa shape index (κ2) is 11.1. The highest BCUT2D eigenvalue weighted by Crippen LogP contribution is 2.43. The van der Waals surface area contributed by atoms with Gasteiger partial charge in [0.05, 0.1) is 31.4 Å². The third-order valence-electron chi connectivity index (χ3n) is 7.39. The van der Waals surface area contributed by atoms with Crippen LogP contribution >= 0.6 is 0 Å². The van der Waals surface area contributed by atoms with Crippen molar-refractivity contribution in [2.24, 2.45) is 0 Å². The average Bonchev–Trinajstić information content (AvgIpc) is 3.63. The molecule has 1 amide bonds. The van der Waals surface area contributed by atoms with Crippen molar-refractivity contribution in [3.05, 3.63) is 58.7 Å². The first-order chi connectivity index (χ1) is 18.4. The molecule has 2 aromatic rings. The minimum Gasteiger partial charge on any atom is -0.507 e. The number of nitrogens with zero attached hydrogens (tertiary/aromatic N) is 1. The minimum absolute atomic E-state index is 0.0462. The van der Waals surface area contributed by atoms with E-state index in [1.54, 1.807) is 31.4 Å². The summed E-state index contributed by atoms with van der Waals surface area (Å²) in [5.74, 6) is 0.310. The number of benzene rings is 2. The van der Waals surface area contributed by atoms with E-state index in [2.05, 4.69) is 6.92 Å². The van der Waals surface area contributed by atoms with Crippen LogP contribution in [0.25, 0.3) is 5.76 Å². The highest BCUT2D eigenvalue weighted by molar-refractivity contribution is 6.46. The molecule has 2 aromatic carbocycles. The quantitative estimate of drug-likeness (QED) is 0.219. The number of rotatable bonds is 9. The summed E-state index contributed by atoms with van der Waals surface area (Å²) in [5, 5.41) is 11.5. The lowest BCUT2D eigenvalue weighted by Gasteiger charge is -2.28. The number of aliphatic hydroxyl groups is 1. The number of carbonyl (C=O) groups is 2. The fraction of sp³-hybridized carbons (Fsp3) is 0.467. The lowest BCUT2D eigenvalue weighted by atomic mass is 9.94. The van der Waals surface area contributed by atoms with E-state index in [9.17, 15) is 14.7 Å². The molecule has 0 radical (unpaired) electrons. The van der Waals surface area contributed by atoms with Crippen LogP contribution in [-0.4, -0.2) is 60.8 Å². The van der Waals surface area contributed by atoms with Crippen molar-refractivity contribution in [2.75, 3.05) is 26.9 Å². The third-order valence-corrected chi connectivity index (χ3v) is 7.39. The van der Waals surface area contributed by atoms with Crippen LogP contribution in [0.15, 0.2) is 42.0 Å². The van der Waals surface area contributed by atoms with E-state index >= 15 is 0 Å². The SMILES string of the molecule is CCCCOc1ccc([C@@H]2C(=C(O)c3ccc4c(c3)C[C@H](C)O4)C(=O)C(=O)N2C[C@@H]2CCCO2)cc1OC. The van der Waals surface area contributed by atoms with Gasteiger partial charge in [-0.15, -0.1) is 0 Å². The van der Waals surface area contributed by atoms with E-state index in [0.717, 1.165) is 37.0 Å². The molecular formula is C30H35NO7. The van der Waals surface area contributed by atoms with Gasteiger partial charge in [-0.1, -0.05) is 19.4 Å². The Balaban J connectivity index is 1.57. The number of ketones is 1. The molecule has 0 bridgehead atoms. The van der Waals surface area contributed by atoms with Gasteiger partial charge in [0.1, 0.15) is 17.6 Å². The highest BCUT2D eigenvalue weighted by atomic mass is 16.5. The van der Waals surface area contributed by atoms with Crippen LogP contribution < -0.4 is 14.2 Å². The lowest BCUT2D eigenvalue weighted by Crippen LogP contribution is -2.36. The van der Waals surface area contributed by atoms with Gasteiger partial charge in [0.15, 0.2) is 11.5 Å². The predicted molar refractivity (Wildman–Crippen MR) is 142 cm³/mol. The molecular weight excluding hydrogens is 486 g/mol. The largest absolute Gasteiger partial charge is 0.507 e. The van der Waals surface area contributed by atoms with E-state index in [4.69, 9.17) is 18.9 Å². The number of hydrogen-bond donors (Lipinski definition) is 1.